The smallest absolute Gasteiger partial charge is 0.138 e. The van der Waals surface area contributed by atoms with Crippen LogP contribution in [0.25, 0.3) is 0 Å². The van der Waals surface area contributed by atoms with Gasteiger partial charge in [-0.2, -0.15) is 0 Å². The van der Waals surface area contributed by atoms with Crippen LogP contribution in [0.4, 0.5) is 0 Å². The Bertz CT molecular complexity index is 377. The van der Waals surface area contributed by atoms with E-state index < -0.39 is 0 Å². The molecule has 1 rings (SSSR count). The fraction of sp³-hybridized carbons (Fsp3) is 0.600. The van der Waals surface area contributed by atoms with Crippen molar-refractivity contribution in [3.05, 3.63) is 28.8 Å². The van der Waals surface area contributed by atoms with Crippen LogP contribution in [0.2, 0.25) is 5.02 Å². The van der Waals surface area contributed by atoms with Gasteiger partial charge >= 0.3 is 0 Å². The molecule has 0 bridgehead atoms. The van der Waals surface area contributed by atoms with E-state index in [1.165, 1.54) is 0 Å². The summed E-state index contributed by atoms with van der Waals surface area (Å²) in [5.74, 6) is 1.22. The van der Waals surface area contributed by atoms with E-state index in [1.807, 2.05) is 25.1 Å². The van der Waals surface area contributed by atoms with Crippen molar-refractivity contribution in [1.29, 1.82) is 0 Å². The third-order valence-corrected chi connectivity index (χ3v) is 3.15. The Morgan fingerprint density at radius 1 is 1.22 bits per heavy atom. The Hall–Kier alpha value is -0.730. The minimum atomic E-state index is 0.131. The zero-order chi connectivity index (χ0) is 13.7. The van der Waals surface area contributed by atoms with Crippen LogP contribution in [-0.4, -0.2) is 18.7 Å². The van der Waals surface area contributed by atoms with Crippen LogP contribution in [0.3, 0.4) is 0 Å². The van der Waals surface area contributed by atoms with Gasteiger partial charge in [0.05, 0.1) is 5.02 Å². The Morgan fingerprint density at radius 3 is 2.44 bits per heavy atom. The van der Waals surface area contributed by atoms with E-state index in [-0.39, 0.29) is 6.10 Å². The van der Waals surface area contributed by atoms with E-state index in [0.717, 1.165) is 17.9 Å². The standard InChI is InChI=1S/C15H24ClNO/c1-10(2)15(9-17-11(3)4)18-14-8-12(5)6-7-13(14)16/h6-8,10-11,15,17H,9H2,1-5H3. The van der Waals surface area contributed by atoms with Gasteiger partial charge in [-0.3, -0.25) is 0 Å². The Labute approximate surface area is 116 Å². The lowest BCUT2D eigenvalue weighted by Gasteiger charge is -2.25. The molecule has 0 spiro atoms. The molecule has 0 aromatic heterocycles. The summed E-state index contributed by atoms with van der Waals surface area (Å²) in [6.07, 6.45) is 0.131. The van der Waals surface area contributed by atoms with Gasteiger partial charge in [-0.25, -0.2) is 0 Å². The summed E-state index contributed by atoms with van der Waals surface area (Å²) < 4.78 is 6.04. The topological polar surface area (TPSA) is 21.3 Å². The van der Waals surface area contributed by atoms with Gasteiger partial charge in [0.1, 0.15) is 11.9 Å². The first-order chi connectivity index (χ1) is 8.40. The minimum Gasteiger partial charge on any atom is -0.487 e. The minimum absolute atomic E-state index is 0.131. The Balaban J connectivity index is 2.73. The molecule has 1 aromatic carbocycles. The number of aryl methyl sites for hydroxylation is 1. The second-order valence-electron chi connectivity index (χ2n) is 5.40. The summed E-state index contributed by atoms with van der Waals surface area (Å²) in [5, 5.41) is 4.09. The molecule has 3 heteroatoms. The SMILES string of the molecule is Cc1ccc(Cl)c(OC(CNC(C)C)C(C)C)c1. The molecule has 1 unspecified atom stereocenters. The zero-order valence-electron chi connectivity index (χ0n) is 12.0. The maximum Gasteiger partial charge on any atom is 0.138 e. The van der Waals surface area contributed by atoms with Gasteiger partial charge in [0, 0.05) is 12.6 Å². The number of hydrogen-bond acceptors (Lipinski definition) is 2. The van der Waals surface area contributed by atoms with Crippen LogP contribution in [0.15, 0.2) is 18.2 Å². The van der Waals surface area contributed by atoms with Gasteiger partial charge in [0.15, 0.2) is 0 Å². The van der Waals surface area contributed by atoms with Crippen LogP contribution in [0, 0.1) is 12.8 Å². The van der Waals surface area contributed by atoms with E-state index >= 15 is 0 Å². The first-order valence-electron chi connectivity index (χ1n) is 6.56. The van der Waals surface area contributed by atoms with E-state index in [4.69, 9.17) is 16.3 Å². The second kappa shape index (κ2) is 7.01. The largest absolute Gasteiger partial charge is 0.487 e. The number of rotatable bonds is 6. The molecular formula is C15H24ClNO. The molecule has 18 heavy (non-hydrogen) atoms. The molecule has 0 amide bonds. The molecule has 0 fully saturated rings. The Kier molecular flexibility index (Phi) is 5.97. The van der Waals surface area contributed by atoms with Crippen molar-refractivity contribution in [1.82, 2.24) is 5.32 Å². The number of benzene rings is 1. The summed E-state index contributed by atoms with van der Waals surface area (Å²) in [5.41, 5.74) is 1.16. The molecule has 0 aliphatic carbocycles. The lowest BCUT2D eigenvalue weighted by atomic mass is 10.1. The Morgan fingerprint density at radius 2 is 1.89 bits per heavy atom. The molecule has 1 N–H and O–H groups in total. The van der Waals surface area contributed by atoms with E-state index in [2.05, 4.69) is 33.0 Å². The predicted molar refractivity (Wildman–Crippen MR) is 78.6 cm³/mol. The maximum atomic E-state index is 6.16. The molecule has 0 saturated heterocycles. The van der Waals surface area contributed by atoms with Crippen molar-refractivity contribution in [2.75, 3.05) is 6.54 Å². The van der Waals surface area contributed by atoms with Gasteiger partial charge in [-0.15, -0.1) is 0 Å². The van der Waals surface area contributed by atoms with Crippen molar-refractivity contribution in [3.63, 3.8) is 0 Å². The quantitative estimate of drug-likeness (QED) is 0.841. The fourth-order valence-corrected chi connectivity index (χ4v) is 1.79. The summed E-state index contributed by atoms with van der Waals surface area (Å²) in [6, 6.07) is 6.33. The normalized spacial score (nSPS) is 13.1. The van der Waals surface area contributed by atoms with E-state index in [0.29, 0.717) is 17.0 Å². The highest BCUT2D eigenvalue weighted by molar-refractivity contribution is 6.32. The van der Waals surface area contributed by atoms with Gasteiger partial charge in [0.2, 0.25) is 0 Å². The van der Waals surface area contributed by atoms with Crippen LogP contribution in [-0.2, 0) is 0 Å². The highest BCUT2D eigenvalue weighted by Crippen LogP contribution is 2.27. The third-order valence-electron chi connectivity index (χ3n) is 2.84. The van der Waals surface area contributed by atoms with Gasteiger partial charge in [-0.1, -0.05) is 45.4 Å². The molecule has 2 nitrogen and oxygen atoms in total. The number of halogens is 1. The van der Waals surface area contributed by atoms with Gasteiger partial charge in [-0.05, 0) is 30.5 Å². The molecule has 0 saturated carbocycles. The average molecular weight is 270 g/mol. The highest BCUT2D eigenvalue weighted by Gasteiger charge is 2.17. The van der Waals surface area contributed by atoms with Crippen molar-refractivity contribution in [2.45, 2.75) is 46.8 Å². The fourth-order valence-electron chi connectivity index (χ4n) is 1.63. The van der Waals surface area contributed by atoms with Crippen molar-refractivity contribution >= 4 is 11.6 Å². The summed E-state index contributed by atoms with van der Waals surface area (Å²) in [4.78, 5) is 0. The lowest BCUT2D eigenvalue weighted by Crippen LogP contribution is -2.38. The van der Waals surface area contributed by atoms with Gasteiger partial charge < -0.3 is 10.1 Å². The molecular weight excluding hydrogens is 246 g/mol. The van der Waals surface area contributed by atoms with Crippen LogP contribution < -0.4 is 10.1 Å². The molecule has 0 heterocycles. The number of ether oxygens (including phenoxy) is 1. The first-order valence-corrected chi connectivity index (χ1v) is 6.94. The maximum absolute atomic E-state index is 6.16. The highest BCUT2D eigenvalue weighted by atomic mass is 35.5. The molecule has 1 aromatic rings. The molecule has 0 aliphatic heterocycles. The molecule has 0 radical (unpaired) electrons. The van der Waals surface area contributed by atoms with Crippen LogP contribution in [0.1, 0.15) is 33.3 Å². The summed E-state index contributed by atoms with van der Waals surface area (Å²) in [7, 11) is 0. The van der Waals surface area contributed by atoms with Crippen molar-refractivity contribution < 1.29 is 4.74 Å². The van der Waals surface area contributed by atoms with Crippen LogP contribution >= 0.6 is 11.6 Å². The van der Waals surface area contributed by atoms with Crippen molar-refractivity contribution in [2.24, 2.45) is 5.92 Å². The van der Waals surface area contributed by atoms with E-state index in [1.54, 1.807) is 0 Å². The second-order valence-corrected chi connectivity index (χ2v) is 5.80. The zero-order valence-corrected chi connectivity index (χ0v) is 12.7. The predicted octanol–water partition coefficient (Wildman–Crippen LogP) is 4.05. The average Bonchev–Trinajstić information content (AvgIpc) is 2.28. The summed E-state index contributed by atoms with van der Waals surface area (Å²) >= 11 is 6.16. The van der Waals surface area contributed by atoms with Gasteiger partial charge in [0.25, 0.3) is 0 Å². The van der Waals surface area contributed by atoms with Crippen LogP contribution in [0.5, 0.6) is 5.75 Å². The first kappa shape index (κ1) is 15.3. The lowest BCUT2D eigenvalue weighted by molar-refractivity contribution is 0.146. The molecule has 0 aliphatic rings. The monoisotopic (exact) mass is 269 g/mol. The van der Waals surface area contributed by atoms with E-state index in [9.17, 15) is 0 Å². The number of hydrogen-bond donors (Lipinski definition) is 1. The molecule has 102 valence electrons. The molecule has 1 atom stereocenters. The third kappa shape index (κ3) is 4.87. The van der Waals surface area contributed by atoms with Crippen molar-refractivity contribution in [3.8, 4) is 5.75 Å². The number of nitrogens with one attached hydrogen (secondary N) is 1. The summed E-state index contributed by atoms with van der Waals surface area (Å²) in [6.45, 7) is 11.5.